The number of nitrogens with zero attached hydrogens (tertiary/aromatic N) is 1. The third kappa shape index (κ3) is 2.49. The van der Waals surface area contributed by atoms with Gasteiger partial charge >= 0.3 is 0 Å². The summed E-state index contributed by atoms with van der Waals surface area (Å²) >= 11 is 11.6. The van der Waals surface area contributed by atoms with Gasteiger partial charge in [-0.05, 0) is 48.5 Å². The molecule has 0 saturated heterocycles. The quantitative estimate of drug-likeness (QED) is 0.694. The van der Waals surface area contributed by atoms with Crippen molar-refractivity contribution < 1.29 is 4.39 Å². The lowest BCUT2D eigenvalue weighted by atomic mass is 10.1. The van der Waals surface area contributed by atoms with Gasteiger partial charge in [0, 0.05) is 6.54 Å². The molecular weight excluding hydrogens is 295 g/mol. The number of H-pyrrole nitrogens is 1. The highest BCUT2D eigenvalue weighted by Gasteiger charge is 2.07. The van der Waals surface area contributed by atoms with Crippen LogP contribution in [0.2, 0.25) is 5.02 Å². The van der Waals surface area contributed by atoms with E-state index in [0.717, 1.165) is 23.0 Å². The van der Waals surface area contributed by atoms with Crippen LogP contribution in [0.5, 0.6) is 0 Å². The van der Waals surface area contributed by atoms with Crippen molar-refractivity contribution in [3.63, 3.8) is 0 Å². The summed E-state index contributed by atoms with van der Waals surface area (Å²) in [5.41, 5.74) is 2.91. The lowest BCUT2D eigenvalue weighted by Gasteiger charge is -2.06. The van der Waals surface area contributed by atoms with Crippen LogP contribution in [0.15, 0.2) is 42.5 Å². The molecule has 2 nitrogen and oxygen atoms in total. The minimum atomic E-state index is -0.222. The van der Waals surface area contributed by atoms with E-state index >= 15 is 0 Å². The van der Waals surface area contributed by atoms with Crippen molar-refractivity contribution in [3.05, 3.63) is 63.6 Å². The van der Waals surface area contributed by atoms with Crippen molar-refractivity contribution in [3.8, 4) is 0 Å². The fourth-order valence-corrected chi connectivity index (χ4v) is 2.85. The Kier molecular flexibility index (Phi) is 3.59. The first-order valence-corrected chi connectivity index (χ1v) is 7.05. The molecule has 0 aliphatic heterocycles. The summed E-state index contributed by atoms with van der Waals surface area (Å²) in [5, 5.41) is 0.675. The maximum absolute atomic E-state index is 12.9. The van der Waals surface area contributed by atoms with Crippen molar-refractivity contribution in [1.29, 1.82) is 0 Å². The van der Waals surface area contributed by atoms with Crippen LogP contribution in [0.3, 0.4) is 0 Å². The van der Waals surface area contributed by atoms with Crippen molar-refractivity contribution >= 4 is 34.9 Å². The van der Waals surface area contributed by atoms with Gasteiger partial charge in [-0.3, -0.25) is 0 Å². The lowest BCUT2D eigenvalue weighted by molar-refractivity contribution is 0.625. The summed E-state index contributed by atoms with van der Waals surface area (Å²) in [6.45, 7) is 0.703. The summed E-state index contributed by atoms with van der Waals surface area (Å²) in [6, 6.07) is 12.2. The number of hydrogen-bond acceptors (Lipinski definition) is 1. The second-order valence-electron chi connectivity index (χ2n) is 4.59. The van der Waals surface area contributed by atoms with Gasteiger partial charge in [0.05, 0.1) is 16.1 Å². The van der Waals surface area contributed by atoms with Crippen molar-refractivity contribution in [2.75, 3.05) is 0 Å². The Hall–Kier alpha value is -1.65. The topological polar surface area (TPSA) is 20.7 Å². The molecule has 0 radical (unpaired) electrons. The molecule has 0 bridgehead atoms. The number of halogens is 2. The maximum Gasteiger partial charge on any atom is 0.178 e. The van der Waals surface area contributed by atoms with Crippen molar-refractivity contribution in [2.45, 2.75) is 13.0 Å². The summed E-state index contributed by atoms with van der Waals surface area (Å²) in [4.78, 5) is 3.15. The zero-order valence-corrected chi connectivity index (χ0v) is 12.1. The van der Waals surface area contributed by atoms with Crippen LogP contribution in [0.4, 0.5) is 4.39 Å². The van der Waals surface area contributed by atoms with Gasteiger partial charge in [-0.1, -0.05) is 29.8 Å². The number of hydrogen-bond donors (Lipinski definition) is 1. The first-order valence-electron chi connectivity index (χ1n) is 6.26. The van der Waals surface area contributed by atoms with E-state index in [4.69, 9.17) is 23.8 Å². The predicted octanol–water partition coefficient (Wildman–Crippen LogP) is 4.73. The fourth-order valence-electron chi connectivity index (χ4n) is 2.28. The molecule has 3 aromatic rings. The van der Waals surface area contributed by atoms with Gasteiger partial charge in [-0.15, -0.1) is 0 Å². The molecular formula is C15H12ClFN2S. The van der Waals surface area contributed by atoms with Crippen LogP contribution in [0.1, 0.15) is 5.56 Å². The Morgan fingerprint density at radius 1 is 1.15 bits per heavy atom. The SMILES string of the molecule is Fc1ccc(CCn2c(=S)[nH]c3cccc(Cl)c32)cc1. The number of imidazole rings is 1. The van der Waals surface area contributed by atoms with Crippen LogP contribution < -0.4 is 0 Å². The average molecular weight is 307 g/mol. The molecule has 0 saturated carbocycles. The zero-order chi connectivity index (χ0) is 14.1. The molecule has 0 spiro atoms. The molecule has 2 aromatic carbocycles. The summed E-state index contributed by atoms with van der Waals surface area (Å²) < 4.78 is 15.5. The highest BCUT2D eigenvalue weighted by Crippen LogP contribution is 2.23. The Labute approximate surface area is 125 Å². The van der Waals surface area contributed by atoms with E-state index < -0.39 is 0 Å². The Bertz CT molecular complexity index is 805. The second kappa shape index (κ2) is 5.38. The minimum Gasteiger partial charge on any atom is -0.331 e. The molecule has 1 N–H and O–H groups in total. The van der Waals surface area contributed by atoms with Gasteiger partial charge in [0.15, 0.2) is 4.77 Å². The number of fused-ring (bicyclic) bond motifs is 1. The largest absolute Gasteiger partial charge is 0.331 e. The van der Waals surface area contributed by atoms with Gasteiger partial charge in [0.25, 0.3) is 0 Å². The van der Waals surface area contributed by atoms with Gasteiger partial charge in [-0.25, -0.2) is 4.39 Å². The first-order chi connectivity index (χ1) is 9.65. The van der Waals surface area contributed by atoms with Crippen LogP contribution >= 0.6 is 23.8 Å². The van der Waals surface area contributed by atoms with Gasteiger partial charge < -0.3 is 9.55 Å². The lowest BCUT2D eigenvalue weighted by Crippen LogP contribution is -2.01. The standard InChI is InChI=1S/C15H12ClFN2S/c16-12-2-1-3-13-14(12)19(15(20)18-13)9-8-10-4-6-11(17)7-5-10/h1-7H,8-9H2,(H,18,20). The second-order valence-corrected chi connectivity index (χ2v) is 5.39. The summed E-state index contributed by atoms with van der Waals surface area (Å²) in [5.74, 6) is -0.222. The van der Waals surface area contributed by atoms with Crippen LogP contribution in [-0.4, -0.2) is 9.55 Å². The van der Waals surface area contributed by atoms with Crippen LogP contribution in [-0.2, 0) is 13.0 Å². The molecule has 1 aromatic heterocycles. The van der Waals surface area contributed by atoms with E-state index in [1.165, 1.54) is 12.1 Å². The molecule has 0 unspecified atom stereocenters. The molecule has 0 aliphatic rings. The molecule has 102 valence electrons. The number of benzene rings is 2. The van der Waals surface area contributed by atoms with E-state index in [2.05, 4.69) is 4.98 Å². The van der Waals surface area contributed by atoms with Gasteiger partial charge in [0.1, 0.15) is 5.82 Å². The molecule has 20 heavy (non-hydrogen) atoms. The highest BCUT2D eigenvalue weighted by molar-refractivity contribution is 7.71. The monoisotopic (exact) mass is 306 g/mol. The van der Waals surface area contributed by atoms with Crippen LogP contribution in [0, 0.1) is 10.6 Å². The van der Waals surface area contributed by atoms with E-state index in [1.807, 2.05) is 22.8 Å². The Morgan fingerprint density at radius 3 is 2.65 bits per heavy atom. The van der Waals surface area contributed by atoms with Gasteiger partial charge in [0.2, 0.25) is 0 Å². The van der Waals surface area contributed by atoms with E-state index in [1.54, 1.807) is 12.1 Å². The Balaban J connectivity index is 1.93. The molecule has 0 aliphatic carbocycles. The molecule has 5 heteroatoms. The number of aromatic amines is 1. The zero-order valence-electron chi connectivity index (χ0n) is 10.6. The number of aryl methyl sites for hydroxylation is 2. The molecule has 0 atom stereocenters. The molecule has 0 fully saturated rings. The third-order valence-electron chi connectivity index (χ3n) is 3.28. The van der Waals surface area contributed by atoms with E-state index in [9.17, 15) is 4.39 Å². The molecule has 3 rings (SSSR count). The predicted molar refractivity (Wildman–Crippen MR) is 82.2 cm³/mol. The smallest absolute Gasteiger partial charge is 0.178 e. The molecule has 0 amide bonds. The third-order valence-corrected chi connectivity index (χ3v) is 3.91. The van der Waals surface area contributed by atoms with Crippen molar-refractivity contribution in [1.82, 2.24) is 9.55 Å². The number of nitrogens with one attached hydrogen (secondary N) is 1. The highest BCUT2D eigenvalue weighted by atomic mass is 35.5. The van der Waals surface area contributed by atoms with Gasteiger partial charge in [-0.2, -0.15) is 0 Å². The normalized spacial score (nSPS) is 11.1. The van der Waals surface area contributed by atoms with Crippen molar-refractivity contribution in [2.24, 2.45) is 0 Å². The number of aromatic nitrogens is 2. The van der Waals surface area contributed by atoms with E-state index in [-0.39, 0.29) is 5.82 Å². The van der Waals surface area contributed by atoms with E-state index in [0.29, 0.717) is 16.3 Å². The fraction of sp³-hybridized carbons (Fsp3) is 0.133. The maximum atomic E-state index is 12.9. The molecule has 1 heterocycles. The first kappa shape index (κ1) is 13.3. The minimum absolute atomic E-state index is 0.222. The number of rotatable bonds is 3. The number of para-hydroxylation sites is 1. The Morgan fingerprint density at radius 2 is 1.90 bits per heavy atom. The van der Waals surface area contributed by atoms with Crippen LogP contribution in [0.25, 0.3) is 11.0 Å². The summed E-state index contributed by atoms with van der Waals surface area (Å²) in [6.07, 6.45) is 0.771. The average Bonchev–Trinajstić information content (AvgIpc) is 2.75. The summed E-state index contributed by atoms with van der Waals surface area (Å²) in [7, 11) is 0.